The summed E-state index contributed by atoms with van der Waals surface area (Å²) in [4.78, 5) is 37.5. The van der Waals surface area contributed by atoms with Crippen LogP contribution in [0.5, 0.6) is 0 Å². The zero-order chi connectivity index (χ0) is 10.7. The van der Waals surface area contributed by atoms with Crippen LogP contribution in [0.1, 0.15) is 26.2 Å². The average molecular weight is 201 g/mol. The molecule has 1 saturated heterocycles. The summed E-state index contributed by atoms with van der Waals surface area (Å²) in [6, 6.07) is 0. The van der Waals surface area contributed by atoms with Crippen molar-refractivity contribution in [3.8, 4) is 0 Å². The van der Waals surface area contributed by atoms with E-state index in [9.17, 15) is 14.4 Å². The lowest BCUT2D eigenvalue weighted by Gasteiger charge is -2.11. The average Bonchev–Trinajstić information content (AvgIpc) is 2.33. The van der Waals surface area contributed by atoms with Crippen molar-refractivity contribution in [2.75, 3.05) is 0 Å². The largest absolute Gasteiger partial charge is 0.383 e. The number of aliphatic hydroxyl groups is 1. The van der Waals surface area contributed by atoms with E-state index < -0.39 is 23.9 Å². The molecule has 0 aromatic rings. The second-order valence-corrected chi connectivity index (χ2v) is 2.96. The number of aliphatic hydroxyl groups excluding tert-OH is 1. The predicted molar refractivity (Wildman–Crippen MR) is 43.5 cm³/mol. The van der Waals surface area contributed by atoms with Crippen LogP contribution in [0.2, 0.25) is 0 Å². The summed E-state index contributed by atoms with van der Waals surface area (Å²) in [5.74, 6) is -2.21. The molecule has 1 unspecified atom stereocenters. The standard InChI is InChI=1S/C8H11NO5/c1-2-3-7(12)14-9-6(11)4-5(10)8(9)13/h5,10H,2-4H2,1H3. The van der Waals surface area contributed by atoms with Gasteiger partial charge in [0, 0.05) is 6.42 Å². The maximum atomic E-state index is 11.0. The number of hydrogen-bond donors (Lipinski definition) is 1. The number of hydrogen-bond acceptors (Lipinski definition) is 5. The normalized spacial score (nSPS) is 21.6. The highest BCUT2D eigenvalue weighted by Crippen LogP contribution is 2.13. The molecule has 0 aromatic carbocycles. The van der Waals surface area contributed by atoms with E-state index in [0.29, 0.717) is 11.5 Å². The summed E-state index contributed by atoms with van der Waals surface area (Å²) in [7, 11) is 0. The molecule has 0 radical (unpaired) electrons. The zero-order valence-corrected chi connectivity index (χ0v) is 7.73. The topological polar surface area (TPSA) is 83.9 Å². The Morgan fingerprint density at radius 1 is 1.64 bits per heavy atom. The molecule has 0 aliphatic carbocycles. The Morgan fingerprint density at radius 3 is 2.71 bits per heavy atom. The third-order valence-corrected chi connectivity index (χ3v) is 1.73. The van der Waals surface area contributed by atoms with Gasteiger partial charge in [0.05, 0.1) is 6.42 Å². The van der Waals surface area contributed by atoms with Gasteiger partial charge in [-0.1, -0.05) is 12.0 Å². The van der Waals surface area contributed by atoms with Gasteiger partial charge in [0.15, 0.2) is 0 Å². The lowest BCUT2D eigenvalue weighted by Crippen LogP contribution is -2.34. The zero-order valence-electron chi connectivity index (χ0n) is 7.73. The van der Waals surface area contributed by atoms with E-state index in [-0.39, 0.29) is 12.8 Å². The van der Waals surface area contributed by atoms with Gasteiger partial charge in [0.1, 0.15) is 6.10 Å². The number of nitrogens with zero attached hydrogens (tertiary/aromatic N) is 1. The second-order valence-electron chi connectivity index (χ2n) is 2.96. The van der Waals surface area contributed by atoms with Crippen molar-refractivity contribution in [2.45, 2.75) is 32.3 Å². The molecule has 0 aromatic heterocycles. The minimum Gasteiger partial charge on any atom is -0.383 e. The Hall–Kier alpha value is -1.43. The van der Waals surface area contributed by atoms with E-state index in [2.05, 4.69) is 4.84 Å². The van der Waals surface area contributed by atoms with Crippen molar-refractivity contribution in [3.05, 3.63) is 0 Å². The first kappa shape index (κ1) is 10.6. The van der Waals surface area contributed by atoms with Gasteiger partial charge < -0.3 is 9.94 Å². The third kappa shape index (κ3) is 2.08. The maximum absolute atomic E-state index is 11.0. The summed E-state index contributed by atoms with van der Waals surface area (Å²) in [5, 5.41) is 9.31. The first-order valence-corrected chi connectivity index (χ1v) is 4.32. The van der Waals surface area contributed by atoms with Crippen LogP contribution in [0.25, 0.3) is 0 Å². The van der Waals surface area contributed by atoms with Crippen molar-refractivity contribution in [3.63, 3.8) is 0 Å². The van der Waals surface area contributed by atoms with Crippen molar-refractivity contribution in [1.29, 1.82) is 0 Å². The molecule has 1 aliphatic heterocycles. The fraction of sp³-hybridized carbons (Fsp3) is 0.625. The molecule has 1 aliphatic rings. The number of amides is 2. The highest BCUT2D eigenvalue weighted by molar-refractivity contribution is 6.04. The van der Waals surface area contributed by atoms with Gasteiger partial charge in [-0.05, 0) is 6.42 Å². The number of carbonyl (C=O) groups excluding carboxylic acids is 3. The smallest absolute Gasteiger partial charge is 0.333 e. The Morgan fingerprint density at radius 2 is 2.29 bits per heavy atom. The Balaban J connectivity index is 2.56. The van der Waals surface area contributed by atoms with Crippen molar-refractivity contribution in [2.24, 2.45) is 0 Å². The van der Waals surface area contributed by atoms with Crippen LogP contribution in [-0.2, 0) is 19.2 Å². The van der Waals surface area contributed by atoms with Crippen LogP contribution in [0, 0.1) is 0 Å². The van der Waals surface area contributed by atoms with Crippen LogP contribution in [0.3, 0.4) is 0 Å². The molecular weight excluding hydrogens is 190 g/mol. The molecule has 0 spiro atoms. The molecular formula is C8H11NO5. The van der Waals surface area contributed by atoms with Crippen LogP contribution in [0.4, 0.5) is 0 Å². The summed E-state index contributed by atoms with van der Waals surface area (Å²) >= 11 is 0. The van der Waals surface area contributed by atoms with Gasteiger partial charge in [-0.25, -0.2) is 4.79 Å². The fourth-order valence-electron chi connectivity index (χ4n) is 1.04. The van der Waals surface area contributed by atoms with Crippen LogP contribution >= 0.6 is 0 Å². The quantitative estimate of drug-likeness (QED) is 0.614. The van der Waals surface area contributed by atoms with Crippen molar-refractivity contribution >= 4 is 17.8 Å². The van der Waals surface area contributed by atoms with E-state index >= 15 is 0 Å². The van der Waals surface area contributed by atoms with E-state index in [4.69, 9.17) is 5.11 Å². The van der Waals surface area contributed by atoms with Crippen molar-refractivity contribution in [1.82, 2.24) is 5.06 Å². The van der Waals surface area contributed by atoms with Crippen LogP contribution in [-0.4, -0.2) is 34.1 Å². The molecule has 78 valence electrons. The summed E-state index contributed by atoms with van der Waals surface area (Å²) in [6.45, 7) is 1.77. The number of imide groups is 1. The Kier molecular flexibility index (Phi) is 3.19. The molecule has 0 bridgehead atoms. The molecule has 1 rings (SSSR count). The molecule has 6 heteroatoms. The molecule has 1 N–H and O–H groups in total. The predicted octanol–water partition coefficient (Wildman–Crippen LogP) is -0.636. The van der Waals surface area contributed by atoms with Gasteiger partial charge in [0.2, 0.25) is 0 Å². The Bertz CT molecular complexity index is 275. The number of hydroxylamine groups is 2. The van der Waals surface area contributed by atoms with Crippen LogP contribution < -0.4 is 0 Å². The lowest BCUT2D eigenvalue weighted by molar-refractivity contribution is -0.198. The van der Waals surface area contributed by atoms with Gasteiger partial charge in [-0.2, -0.15) is 0 Å². The van der Waals surface area contributed by atoms with Gasteiger partial charge >= 0.3 is 5.97 Å². The SMILES string of the molecule is CCCC(=O)ON1C(=O)CC(O)C1=O. The second kappa shape index (κ2) is 4.19. The van der Waals surface area contributed by atoms with Crippen LogP contribution in [0.15, 0.2) is 0 Å². The van der Waals surface area contributed by atoms with E-state index in [1.807, 2.05) is 0 Å². The first-order chi connectivity index (χ1) is 6.56. The molecule has 1 fully saturated rings. The minimum atomic E-state index is -1.38. The molecule has 1 atom stereocenters. The number of rotatable bonds is 3. The summed E-state index contributed by atoms with van der Waals surface area (Å²) in [6.07, 6.45) is -1.000. The van der Waals surface area contributed by atoms with E-state index in [0.717, 1.165) is 0 Å². The van der Waals surface area contributed by atoms with Gasteiger partial charge in [-0.15, -0.1) is 0 Å². The molecule has 6 nitrogen and oxygen atoms in total. The highest BCUT2D eigenvalue weighted by Gasteiger charge is 2.40. The highest BCUT2D eigenvalue weighted by atomic mass is 16.7. The van der Waals surface area contributed by atoms with E-state index in [1.54, 1.807) is 6.92 Å². The molecule has 0 saturated carbocycles. The van der Waals surface area contributed by atoms with E-state index in [1.165, 1.54) is 0 Å². The maximum Gasteiger partial charge on any atom is 0.333 e. The molecule has 2 amide bonds. The van der Waals surface area contributed by atoms with Gasteiger partial charge in [-0.3, -0.25) is 9.59 Å². The fourth-order valence-corrected chi connectivity index (χ4v) is 1.04. The third-order valence-electron chi connectivity index (χ3n) is 1.73. The molecule has 1 heterocycles. The lowest BCUT2D eigenvalue weighted by atomic mass is 10.3. The summed E-state index contributed by atoms with van der Waals surface area (Å²) < 4.78 is 0. The van der Waals surface area contributed by atoms with Gasteiger partial charge in [0.25, 0.3) is 11.8 Å². The first-order valence-electron chi connectivity index (χ1n) is 4.32. The molecule has 14 heavy (non-hydrogen) atoms. The number of carbonyl (C=O) groups is 3. The summed E-state index contributed by atoms with van der Waals surface area (Å²) in [5.41, 5.74) is 0. The minimum absolute atomic E-state index is 0.132. The van der Waals surface area contributed by atoms with Crippen molar-refractivity contribution < 1.29 is 24.3 Å². The monoisotopic (exact) mass is 201 g/mol. The Labute approximate surface area is 80.4 Å².